The van der Waals surface area contributed by atoms with Gasteiger partial charge < -0.3 is 9.73 Å². The first kappa shape index (κ1) is 19.4. The Kier molecular flexibility index (Phi) is 4.87. The molecule has 0 aliphatic carbocycles. The molecule has 4 rings (SSSR count). The Labute approximate surface area is 168 Å². The van der Waals surface area contributed by atoms with Crippen molar-refractivity contribution in [3.8, 4) is 11.3 Å². The van der Waals surface area contributed by atoms with Gasteiger partial charge >= 0.3 is 0 Å². The third kappa shape index (κ3) is 3.57. The fraction of sp³-hybridized carbons (Fsp3) is 0.0435. The van der Waals surface area contributed by atoms with Crippen LogP contribution in [0, 0.1) is 24.4 Å². The highest BCUT2D eigenvalue weighted by Crippen LogP contribution is 2.24. The molecular weight excluding hydrogens is 395 g/mol. The van der Waals surface area contributed by atoms with Crippen molar-refractivity contribution in [1.29, 1.82) is 0 Å². The van der Waals surface area contributed by atoms with E-state index < -0.39 is 29.0 Å². The van der Waals surface area contributed by atoms with Gasteiger partial charge in [-0.1, -0.05) is 23.8 Å². The van der Waals surface area contributed by atoms with E-state index in [0.29, 0.717) is 22.3 Å². The van der Waals surface area contributed by atoms with E-state index in [1.165, 1.54) is 18.2 Å². The van der Waals surface area contributed by atoms with Crippen molar-refractivity contribution in [3.63, 3.8) is 0 Å². The number of benzene rings is 3. The van der Waals surface area contributed by atoms with Gasteiger partial charge in [0.25, 0.3) is 5.91 Å². The number of carbonyl (C=O) groups is 1. The van der Waals surface area contributed by atoms with Crippen molar-refractivity contribution < 1.29 is 22.4 Å². The molecule has 0 unspecified atom stereocenters. The molecule has 4 aromatic rings. The van der Waals surface area contributed by atoms with Gasteiger partial charge in [-0.05, 0) is 43.3 Å². The molecule has 0 aliphatic heterocycles. The average molecular weight is 409 g/mol. The van der Waals surface area contributed by atoms with E-state index in [1.807, 2.05) is 13.0 Å². The molecule has 30 heavy (non-hydrogen) atoms. The molecule has 0 atom stereocenters. The second-order valence-corrected chi connectivity index (χ2v) is 6.73. The number of hydrogen-bond donors (Lipinski definition) is 1. The molecule has 4 nitrogen and oxygen atoms in total. The van der Waals surface area contributed by atoms with Crippen LogP contribution in [0.25, 0.3) is 22.3 Å². The molecule has 1 heterocycles. The van der Waals surface area contributed by atoms with Crippen molar-refractivity contribution >= 4 is 22.6 Å². The Morgan fingerprint density at radius 1 is 0.900 bits per heavy atom. The van der Waals surface area contributed by atoms with Gasteiger partial charge in [-0.2, -0.15) is 0 Å². The van der Waals surface area contributed by atoms with Crippen LogP contribution in [-0.2, 0) is 0 Å². The van der Waals surface area contributed by atoms with E-state index in [-0.39, 0.29) is 11.0 Å². The molecule has 0 radical (unpaired) electrons. The lowest BCUT2D eigenvalue weighted by Crippen LogP contribution is -2.13. The molecule has 1 aromatic heterocycles. The third-order valence-corrected chi connectivity index (χ3v) is 4.60. The predicted molar refractivity (Wildman–Crippen MR) is 107 cm³/mol. The van der Waals surface area contributed by atoms with E-state index >= 15 is 0 Å². The highest BCUT2D eigenvalue weighted by atomic mass is 19.2. The zero-order valence-electron chi connectivity index (χ0n) is 15.6. The summed E-state index contributed by atoms with van der Waals surface area (Å²) in [7, 11) is 0. The van der Waals surface area contributed by atoms with Gasteiger partial charge in [-0.3, -0.25) is 9.59 Å². The van der Waals surface area contributed by atoms with Crippen LogP contribution in [0.2, 0.25) is 0 Å². The zero-order valence-corrected chi connectivity index (χ0v) is 15.6. The van der Waals surface area contributed by atoms with Crippen molar-refractivity contribution in [2.45, 2.75) is 6.92 Å². The lowest BCUT2D eigenvalue weighted by atomic mass is 10.1. The molecule has 3 aromatic carbocycles. The first-order chi connectivity index (χ1) is 14.3. The third-order valence-electron chi connectivity index (χ3n) is 4.60. The van der Waals surface area contributed by atoms with Crippen LogP contribution in [-0.4, -0.2) is 5.91 Å². The van der Waals surface area contributed by atoms with E-state index in [2.05, 4.69) is 5.32 Å². The number of hydrogen-bond acceptors (Lipinski definition) is 3. The topological polar surface area (TPSA) is 59.3 Å². The van der Waals surface area contributed by atoms with Gasteiger partial charge in [0, 0.05) is 17.2 Å². The average Bonchev–Trinajstić information content (AvgIpc) is 2.74. The summed E-state index contributed by atoms with van der Waals surface area (Å²) in [5.74, 6) is -4.86. The summed E-state index contributed by atoms with van der Waals surface area (Å²) in [5.41, 5.74) is 1.44. The summed E-state index contributed by atoms with van der Waals surface area (Å²) in [4.78, 5) is 24.7. The molecule has 0 fully saturated rings. The predicted octanol–water partition coefficient (Wildman–Crippen LogP) is 5.44. The molecule has 7 heteroatoms. The van der Waals surface area contributed by atoms with E-state index in [1.54, 1.807) is 24.3 Å². The minimum absolute atomic E-state index is 0.154. The Bertz CT molecular complexity index is 1340. The van der Waals surface area contributed by atoms with Gasteiger partial charge in [0.1, 0.15) is 11.3 Å². The summed E-state index contributed by atoms with van der Waals surface area (Å²) < 4.78 is 45.9. The smallest absolute Gasteiger partial charge is 0.255 e. The van der Waals surface area contributed by atoms with Crippen molar-refractivity contribution in [2.24, 2.45) is 0 Å². The maximum atomic E-state index is 13.7. The van der Waals surface area contributed by atoms with Crippen LogP contribution in [0.4, 0.5) is 18.9 Å². The lowest BCUT2D eigenvalue weighted by molar-refractivity contribution is 0.102. The van der Waals surface area contributed by atoms with Crippen molar-refractivity contribution in [2.75, 3.05) is 5.32 Å². The molecule has 1 amide bonds. The molecule has 150 valence electrons. The number of nitrogens with one attached hydrogen (secondary N) is 1. The summed E-state index contributed by atoms with van der Waals surface area (Å²) in [6.07, 6.45) is 0. The molecule has 0 saturated carbocycles. The van der Waals surface area contributed by atoms with Gasteiger partial charge in [0.2, 0.25) is 0 Å². The first-order valence-electron chi connectivity index (χ1n) is 8.93. The summed E-state index contributed by atoms with van der Waals surface area (Å²) in [5, 5.41) is 2.67. The molecule has 0 aliphatic rings. The van der Waals surface area contributed by atoms with Crippen LogP contribution in [0.3, 0.4) is 0 Å². The highest BCUT2D eigenvalue weighted by Gasteiger charge is 2.16. The Morgan fingerprint density at radius 2 is 1.63 bits per heavy atom. The van der Waals surface area contributed by atoms with E-state index in [0.717, 1.165) is 17.7 Å². The number of halogens is 3. The molecule has 0 saturated heterocycles. The SMILES string of the molecule is Cc1ccc2oc(-c3ccc(C(=O)Nc4ccc(F)c(F)c4F)cc3)cc(=O)c2c1. The standard InChI is InChI=1S/C23H14F3NO3/c1-12-2-9-19-15(10-12)18(28)11-20(30-19)13-3-5-14(6-4-13)23(29)27-17-8-7-16(24)21(25)22(17)26/h2-11H,1H3,(H,27,29). The Morgan fingerprint density at radius 3 is 2.37 bits per heavy atom. The van der Waals surface area contributed by atoms with Crippen molar-refractivity contribution in [3.05, 3.63) is 99.5 Å². The summed E-state index contributed by atoms with van der Waals surface area (Å²) in [6.45, 7) is 1.88. The Balaban J connectivity index is 1.61. The fourth-order valence-electron chi connectivity index (χ4n) is 3.02. The van der Waals surface area contributed by atoms with E-state index in [4.69, 9.17) is 4.42 Å². The van der Waals surface area contributed by atoms with Crippen LogP contribution < -0.4 is 10.7 Å². The zero-order chi connectivity index (χ0) is 21.4. The van der Waals surface area contributed by atoms with Gasteiger partial charge in [-0.15, -0.1) is 0 Å². The molecule has 1 N–H and O–H groups in total. The number of amides is 1. The largest absolute Gasteiger partial charge is 0.456 e. The number of aryl methyl sites for hydroxylation is 1. The number of fused-ring (bicyclic) bond motifs is 1. The second kappa shape index (κ2) is 7.51. The second-order valence-electron chi connectivity index (χ2n) is 6.73. The van der Waals surface area contributed by atoms with Crippen molar-refractivity contribution in [1.82, 2.24) is 0 Å². The highest BCUT2D eigenvalue weighted by molar-refractivity contribution is 6.04. The summed E-state index contributed by atoms with van der Waals surface area (Å²) in [6, 6.07) is 14.3. The van der Waals surface area contributed by atoms with Crippen LogP contribution in [0.5, 0.6) is 0 Å². The maximum absolute atomic E-state index is 13.7. The Hall–Kier alpha value is -3.87. The molecule has 0 spiro atoms. The minimum atomic E-state index is -1.66. The number of rotatable bonds is 3. The normalized spacial score (nSPS) is 10.9. The maximum Gasteiger partial charge on any atom is 0.255 e. The van der Waals surface area contributed by atoms with Crippen LogP contribution in [0.15, 0.2) is 69.9 Å². The first-order valence-corrected chi connectivity index (χ1v) is 8.93. The van der Waals surface area contributed by atoms with E-state index in [9.17, 15) is 22.8 Å². The van der Waals surface area contributed by atoms with Gasteiger partial charge in [0.05, 0.1) is 11.1 Å². The molecule has 0 bridgehead atoms. The van der Waals surface area contributed by atoms with Gasteiger partial charge in [0.15, 0.2) is 22.9 Å². The lowest BCUT2D eigenvalue weighted by Gasteiger charge is -2.08. The molecular formula is C23H14F3NO3. The fourth-order valence-corrected chi connectivity index (χ4v) is 3.02. The van der Waals surface area contributed by atoms with Crippen LogP contribution >= 0.6 is 0 Å². The number of carbonyl (C=O) groups excluding carboxylic acids is 1. The monoisotopic (exact) mass is 409 g/mol. The van der Waals surface area contributed by atoms with Gasteiger partial charge in [-0.25, -0.2) is 13.2 Å². The number of anilines is 1. The minimum Gasteiger partial charge on any atom is -0.456 e. The quantitative estimate of drug-likeness (QED) is 0.459. The van der Waals surface area contributed by atoms with Crippen LogP contribution in [0.1, 0.15) is 15.9 Å². The summed E-state index contributed by atoms with van der Waals surface area (Å²) >= 11 is 0.